The second kappa shape index (κ2) is 6.97. The van der Waals surface area contributed by atoms with Crippen LogP contribution in [0.4, 0.5) is 4.79 Å². The second-order valence-electron chi connectivity index (χ2n) is 10.2. The Balaban J connectivity index is 1.16. The number of halogens is 1. The number of pyridine rings is 1. The van der Waals surface area contributed by atoms with Crippen molar-refractivity contribution < 1.29 is 14.3 Å². The normalized spacial score (nSPS) is 35.5. The molecule has 32 heavy (non-hydrogen) atoms. The fourth-order valence-electron chi connectivity index (χ4n) is 7.11. The zero-order valence-electron chi connectivity index (χ0n) is 17.6. The molecule has 2 amide bonds. The number of ether oxygens (including phenoxy) is 1. The van der Waals surface area contributed by atoms with Gasteiger partial charge in [-0.3, -0.25) is 9.36 Å². The number of nitrogens with two attached hydrogens (primary N) is 1. The first-order chi connectivity index (χ1) is 15.3. The molecule has 5 fully saturated rings. The van der Waals surface area contributed by atoms with Crippen LogP contribution in [0, 0.1) is 23.2 Å². The van der Waals surface area contributed by atoms with Crippen LogP contribution in [-0.2, 0) is 9.53 Å². The quantitative estimate of drug-likeness (QED) is 0.729. The molecule has 0 aromatic carbocycles. The fourth-order valence-corrected chi connectivity index (χ4v) is 7.27. The maximum atomic E-state index is 13.0. The Morgan fingerprint density at radius 1 is 1.25 bits per heavy atom. The number of nitrogens with one attached hydrogen (secondary N) is 1. The molecule has 3 heterocycles. The minimum Gasteiger partial charge on any atom is -0.446 e. The lowest BCUT2D eigenvalue weighted by Gasteiger charge is -2.58. The lowest BCUT2D eigenvalue weighted by atomic mass is 9.48. The van der Waals surface area contributed by atoms with E-state index in [1.807, 2.05) is 0 Å². The third kappa shape index (κ3) is 2.97. The van der Waals surface area contributed by atoms with E-state index in [0.717, 1.165) is 32.1 Å². The van der Waals surface area contributed by atoms with E-state index >= 15 is 0 Å². The summed E-state index contributed by atoms with van der Waals surface area (Å²) in [6.45, 7) is 0.915. The van der Waals surface area contributed by atoms with Crippen LogP contribution in [0.15, 0.2) is 17.1 Å². The fraction of sp³-hybridized carbons (Fsp3) is 0.636. The van der Waals surface area contributed by atoms with Gasteiger partial charge in [0.15, 0.2) is 5.65 Å². The van der Waals surface area contributed by atoms with Crippen molar-refractivity contribution in [3.63, 3.8) is 0 Å². The van der Waals surface area contributed by atoms with Gasteiger partial charge in [-0.2, -0.15) is 0 Å². The van der Waals surface area contributed by atoms with Gasteiger partial charge in [0.2, 0.25) is 5.91 Å². The number of imidazole rings is 1. The Bertz CT molecular complexity index is 1160. The van der Waals surface area contributed by atoms with E-state index < -0.39 is 5.41 Å². The number of amides is 2. The number of likely N-dealkylation sites (tertiary alicyclic amines) is 1. The molecule has 2 aromatic rings. The van der Waals surface area contributed by atoms with Gasteiger partial charge in [0, 0.05) is 19.3 Å². The van der Waals surface area contributed by atoms with Gasteiger partial charge in [-0.05, 0) is 62.3 Å². The standard InChI is InChI=1S/C22H26ClN5O4/c23-14-5-16-18(25-9-14)28(20(30)26-16)15-1-2-27(10-15)21(31)32-17-12-3-11-4-13(17)8-22(6-11,7-12)19(24)29/h5,9,11-13,15,17H,1-4,6-8,10H2,(H2,24,29)(H,26,30)/t11?,12-,13?,15+,17?,22-/m0/s1. The SMILES string of the molecule is NC(=O)[C@]12CC3CC(C1)C(OC(=O)N1CC[C@@H](n4c(=O)[nH]c5cc(Cl)cnc54)C1)[C@@H](C3)C2. The number of hydrogen-bond acceptors (Lipinski definition) is 5. The van der Waals surface area contributed by atoms with E-state index in [1.54, 1.807) is 15.5 Å². The minimum absolute atomic E-state index is 0.148. The molecule has 7 rings (SSSR count). The topological polar surface area (TPSA) is 123 Å². The molecule has 1 aliphatic heterocycles. The first kappa shape index (κ1) is 20.1. The maximum Gasteiger partial charge on any atom is 0.410 e. The third-order valence-electron chi connectivity index (χ3n) is 8.25. The van der Waals surface area contributed by atoms with Gasteiger partial charge < -0.3 is 20.4 Å². The van der Waals surface area contributed by atoms with E-state index in [1.165, 1.54) is 6.20 Å². The van der Waals surface area contributed by atoms with Crippen molar-refractivity contribution in [3.8, 4) is 0 Å². The number of rotatable bonds is 3. The average Bonchev–Trinajstić information content (AvgIpc) is 3.33. The summed E-state index contributed by atoms with van der Waals surface area (Å²) in [4.78, 5) is 46.5. The van der Waals surface area contributed by atoms with Gasteiger partial charge in [0.25, 0.3) is 0 Å². The molecule has 2 aromatic heterocycles. The van der Waals surface area contributed by atoms with Crippen LogP contribution in [0.1, 0.15) is 44.6 Å². The van der Waals surface area contributed by atoms with Crippen LogP contribution in [-0.4, -0.2) is 50.6 Å². The van der Waals surface area contributed by atoms with Crippen LogP contribution in [0.5, 0.6) is 0 Å². The molecule has 4 bridgehead atoms. The molecule has 0 spiro atoms. The highest BCUT2D eigenvalue weighted by molar-refractivity contribution is 6.31. The van der Waals surface area contributed by atoms with E-state index in [9.17, 15) is 14.4 Å². The molecule has 3 N–H and O–H groups in total. The highest BCUT2D eigenvalue weighted by Crippen LogP contribution is 2.60. The molecule has 5 aliphatic rings. The number of carbonyl (C=O) groups excluding carboxylic acids is 2. The van der Waals surface area contributed by atoms with Crippen LogP contribution >= 0.6 is 11.6 Å². The molecule has 0 radical (unpaired) electrons. The summed E-state index contributed by atoms with van der Waals surface area (Å²) >= 11 is 5.99. The molecule has 1 saturated heterocycles. The van der Waals surface area contributed by atoms with Crippen molar-refractivity contribution >= 4 is 34.8 Å². The smallest absolute Gasteiger partial charge is 0.410 e. The lowest BCUT2D eigenvalue weighted by Crippen LogP contribution is -2.59. The summed E-state index contributed by atoms with van der Waals surface area (Å²) in [5.74, 6) is 0.742. The first-order valence-corrected chi connectivity index (χ1v) is 11.7. The lowest BCUT2D eigenvalue weighted by molar-refractivity contribution is -0.161. The predicted molar refractivity (Wildman–Crippen MR) is 116 cm³/mol. The Morgan fingerprint density at radius 2 is 2.00 bits per heavy atom. The summed E-state index contributed by atoms with van der Waals surface area (Å²) in [6, 6.07) is 1.50. The zero-order chi connectivity index (χ0) is 22.2. The van der Waals surface area contributed by atoms with E-state index in [4.69, 9.17) is 22.1 Å². The summed E-state index contributed by atoms with van der Waals surface area (Å²) in [5.41, 5.74) is 6.23. The van der Waals surface area contributed by atoms with Gasteiger partial charge in [-0.25, -0.2) is 14.6 Å². The van der Waals surface area contributed by atoms with Crippen LogP contribution in [0.2, 0.25) is 5.02 Å². The summed E-state index contributed by atoms with van der Waals surface area (Å²) in [6.07, 6.45) is 6.05. The monoisotopic (exact) mass is 459 g/mol. The molecule has 9 nitrogen and oxygen atoms in total. The molecule has 4 aliphatic carbocycles. The number of aromatic amines is 1. The largest absolute Gasteiger partial charge is 0.446 e. The average molecular weight is 460 g/mol. The van der Waals surface area contributed by atoms with Crippen molar-refractivity contribution in [1.82, 2.24) is 19.4 Å². The van der Waals surface area contributed by atoms with Crippen LogP contribution in [0.25, 0.3) is 11.2 Å². The Hall–Kier alpha value is -2.55. The summed E-state index contributed by atoms with van der Waals surface area (Å²) in [5, 5.41) is 0.455. The third-order valence-corrected chi connectivity index (χ3v) is 8.46. The van der Waals surface area contributed by atoms with Gasteiger partial charge in [0.05, 0.1) is 22.0 Å². The van der Waals surface area contributed by atoms with Crippen molar-refractivity contribution in [2.45, 2.75) is 50.7 Å². The Morgan fingerprint density at radius 3 is 2.72 bits per heavy atom. The van der Waals surface area contributed by atoms with E-state index in [-0.39, 0.29) is 41.7 Å². The number of aromatic nitrogens is 3. The summed E-state index contributed by atoms with van der Waals surface area (Å²) in [7, 11) is 0. The van der Waals surface area contributed by atoms with Gasteiger partial charge in [-0.15, -0.1) is 0 Å². The van der Waals surface area contributed by atoms with Crippen LogP contribution in [0.3, 0.4) is 0 Å². The van der Waals surface area contributed by atoms with Crippen molar-refractivity contribution in [2.75, 3.05) is 13.1 Å². The number of primary amides is 1. The minimum atomic E-state index is -0.398. The highest BCUT2D eigenvalue weighted by atomic mass is 35.5. The van der Waals surface area contributed by atoms with Crippen molar-refractivity contribution in [3.05, 3.63) is 27.8 Å². The first-order valence-electron chi connectivity index (χ1n) is 11.3. The molecule has 3 unspecified atom stereocenters. The molecular weight excluding hydrogens is 434 g/mol. The van der Waals surface area contributed by atoms with Crippen molar-refractivity contribution in [1.29, 1.82) is 0 Å². The molecule has 10 heteroatoms. The zero-order valence-corrected chi connectivity index (χ0v) is 18.4. The number of hydrogen-bond donors (Lipinski definition) is 2. The Kier molecular flexibility index (Phi) is 4.38. The van der Waals surface area contributed by atoms with Crippen molar-refractivity contribution in [2.24, 2.45) is 28.9 Å². The molecule has 4 saturated carbocycles. The second-order valence-corrected chi connectivity index (χ2v) is 10.6. The number of fused-ring (bicyclic) bond motifs is 1. The van der Waals surface area contributed by atoms with Crippen LogP contribution < -0.4 is 11.4 Å². The molecule has 170 valence electrons. The van der Waals surface area contributed by atoms with Gasteiger partial charge in [-0.1, -0.05) is 11.6 Å². The summed E-state index contributed by atoms with van der Waals surface area (Å²) < 4.78 is 7.65. The Labute approximate surface area is 189 Å². The number of nitrogens with zero attached hydrogens (tertiary/aromatic N) is 3. The van der Waals surface area contributed by atoms with E-state index in [2.05, 4.69) is 9.97 Å². The predicted octanol–water partition coefficient (Wildman–Crippen LogP) is 2.44. The number of carbonyl (C=O) groups is 2. The van der Waals surface area contributed by atoms with Gasteiger partial charge in [0.1, 0.15) is 6.10 Å². The molecule has 6 atom stereocenters. The van der Waals surface area contributed by atoms with E-state index in [0.29, 0.717) is 41.6 Å². The maximum absolute atomic E-state index is 13.0. The number of H-pyrrole nitrogens is 1. The highest BCUT2D eigenvalue weighted by Gasteiger charge is 2.59. The van der Waals surface area contributed by atoms with Gasteiger partial charge >= 0.3 is 11.8 Å². The molecular formula is C22H26ClN5O4.